The Morgan fingerprint density at radius 2 is 1.79 bits per heavy atom. The van der Waals surface area contributed by atoms with Gasteiger partial charge < -0.3 is 4.90 Å². The van der Waals surface area contributed by atoms with E-state index in [0.29, 0.717) is 13.1 Å². The lowest BCUT2D eigenvalue weighted by molar-refractivity contribution is -0.123. The molecule has 0 N–H and O–H groups in total. The number of carbonyl (C=O) groups excluding carboxylic acids is 2. The number of sulfonamides is 1. The number of hydrogen-bond donors (Lipinski definition) is 0. The van der Waals surface area contributed by atoms with E-state index < -0.39 is 21.3 Å². The van der Waals surface area contributed by atoms with Gasteiger partial charge in [0, 0.05) is 13.1 Å². The third-order valence-electron chi connectivity index (χ3n) is 5.42. The Labute approximate surface area is 175 Å². The number of nitrogens with zero attached hydrogens (tertiary/aromatic N) is 2. The molecular weight excluding hydrogens is 412 g/mol. The Morgan fingerprint density at radius 3 is 2.45 bits per heavy atom. The van der Waals surface area contributed by atoms with Crippen LogP contribution in [-0.4, -0.2) is 37.4 Å². The Hall–Kier alpha value is -2.38. The van der Waals surface area contributed by atoms with E-state index in [0.717, 1.165) is 16.3 Å². The van der Waals surface area contributed by atoms with Crippen molar-refractivity contribution < 1.29 is 18.0 Å². The van der Waals surface area contributed by atoms with Crippen molar-refractivity contribution in [2.45, 2.75) is 26.8 Å². The van der Waals surface area contributed by atoms with E-state index in [4.69, 9.17) is 11.6 Å². The van der Waals surface area contributed by atoms with Gasteiger partial charge in [0.2, 0.25) is 15.9 Å². The molecule has 2 aliphatic heterocycles. The van der Waals surface area contributed by atoms with E-state index in [1.54, 1.807) is 18.7 Å². The molecule has 4 rings (SSSR count). The van der Waals surface area contributed by atoms with Gasteiger partial charge in [-0.2, -0.15) is 0 Å². The monoisotopic (exact) mass is 432 g/mol. The van der Waals surface area contributed by atoms with Gasteiger partial charge in [-0.1, -0.05) is 35.9 Å². The standard InChI is InChI=1S/C21H21ClN2O4S/c1-21(2)13-29(27,28)24(20(21)26)16-7-8-18(22)17(11-16)19(25)23-10-9-14-5-3-4-6-15(14)12-23/h3-8,11H,9-10,12-13H2,1-2H3. The first-order chi connectivity index (χ1) is 13.6. The topological polar surface area (TPSA) is 74.8 Å². The molecule has 0 aliphatic carbocycles. The number of amides is 2. The highest BCUT2D eigenvalue weighted by atomic mass is 35.5. The van der Waals surface area contributed by atoms with Crippen LogP contribution in [0.1, 0.15) is 35.3 Å². The predicted molar refractivity (Wildman–Crippen MR) is 111 cm³/mol. The first-order valence-electron chi connectivity index (χ1n) is 9.33. The maximum Gasteiger partial charge on any atom is 0.255 e. The first kappa shape index (κ1) is 19.9. The summed E-state index contributed by atoms with van der Waals surface area (Å²) in [6, 6.07) is 12.3. The zero-order valence-corrected chi connectivity index (χ0v) is 17.8. The van der Waals surface area contributed by atoms with E-state index in [2.05, 4.69) is 6.07 Å². The van der Waals surface area contributed by atoms with Crippen LogP contribution in [-0.2, 0) is 27.8 Å². The number of anilines is 1. The van der Waals surface area contributed by atoms with Gasteiger partial charge in [0.15, 0.2) is 0 Å². The third-order valence-corrected chi connectivity index (χ3v) is 7.77. The van der Waals surface area contributed by atoms with E-state index in [1.807, 2.05) is 18.2 Å². The van der Waals surface area contributed by atoms with Crippen LogP contribution < -0.4 is 4.31 Å². The van der Waals surface area contributed by atoms with Crippen molar-refractivity contribution in [2.24, 2.45) is 5.41 Å². The molecule has 1 fully saturated rings. The molecule has 152 valence electrons. The van der Waals surface area contributed by atoms with E-state index in [-0.39, 0.29) is 27.9 Å². The third kappa shape index (κ3) is 3.42. The lowest BCUT2D eigenvalue weighted by Gasteiger charge is -2.29. The van der Waals surface area contributed by atoms with Crippen molar-refractivity contribution >= 4 is 39.1 Å². The molecule has 1 saturated heterocycles. The van der Waals surface area contributed by atoms with Crippen molar-refractivity contribution in [1.29, 1.82) is 0 Å². The molecule has 2 aromatic rings. The van der Waals surface area contributed by atoms with Crippen LogP contribution in [0.2, 0.25) is 5.02 Å². The van der Waals surface area contributed by atoms with Gasteiger partial charge in [0.1, 0.15) is 0 Å². The normalized spacial score (nSPS) is 19.9. The fourth-order valence-electron chi connectivity index (χ4n) is 3.90. The van der Waals surface area contributed by atoms with Crippen molar-refractivity contribution in [1.82, 2.24) is 4.90 Å². The Morgan fingerprint density at radius 1 is 1.10 bits per heavy atom. The molecule has 0 atom stereocenters. The lowest BCUT2D eigenvalue weighted by atomic mass is 9.95. The number of rotatable bonds is 2. The highest BCUT2D eigenvalue weighted by Crippen LogP contribution is 2.37. The number of halogens is 1. The summed E-state index contributed by atoms with van der Waals surface area (Å²) >= 11 is 6.28. The van der Waals surface area contributed by atoms with E-state index in [1.165, 1.54) is 23.8 Å². The van der Waals surface area contributed by atoms with E-state index in [9.17, 15) is 18.0 Å². The Kier molecular flexibility index (Phi) is 4.70. The average Bonchev–Trinajstić information content (AvgIpc) is 2.84. The fraction of sp³-hybridized carbons (Fsp3) is 0.333. The van der Waals surface area contributed by atoms with Crippen LogP contribution in [0, 0.1) is 5.41 Å². The zero-order chi connectivity index (χ0) is 21.0. The maximum absolute atomic E-state index is 13.2. The molecular formula is C21H21ClN2O4S. The summed E-state index contributed by atoms with van der Waals surface area (Å²) in [5.41, 5.74) is 1.62. The van der Waals surface area contributed by atoms with Crippen molar-refractivity contribution in [3.63, 3.8) is 0 Å². The molecule has 29 heavy (non-hydrogen) atoms. The highest BCUT2D eigenvalue weighted by Gasteiger charge is 2.50. The number of carbonyl (C=O) groups is 2. The van der Waals surface area contributed by atoms with Gasteiger partial charge >= 0.3 is 0 Å². The number of benzene rings is 2. The summed E-state index contributed by atoms with van der Waals surface area (Å²) in [5.74, 6) is -1.06. The molecule has 0 saturated carbocycles. The smallest absolute Gasteiger partial charge is 0.255 e. The quantitative estimate of drug-likeness (QED) is 0.730. The van der Waals surface area contributed by atoms with Gasteiger partial charge in [-0.25, -0.2) is 12.7 Å². The van der Waals surface area contributed by atoms with Crippen LogP contribution in [0.5, 0.6) is 0 Å². The summed E-state index contributed by atoms with van der Waals surface area (Å²) in [5, 5.41) is 0.223. The molecule has 0 unspecified atom stereocenters. The first-order valence-corrected chi connectivity index (χ1v) is 11.3. The van der Waals surface area contributed by atoms with Crippen LogP contribution in [0.4, 0.5) is 5.69 Å². The second kappa shape index (κ2) is 6.85. The Bertz CT molecular complexity index is 1130. The van der Waals surface area contributed by atoms with E-state index >= 15 is 0 Å². The van der Waals surface area contributed by atoms with Gasteiger partial charge in [-0.3, -0.25) is 9.59 Å². The minimum absolute atomic E-state index is 0.144. The summed E-state index contributed by atoms with van der Waals surface area (Å²) < 4.78 is 25.9. The minimum Gasteiger partial charge on any atom is -0.334 e. The van der Waals surface area contributed by atoms with Crippen LogP contribution in [0.15, 0.2) is 42.5 Å². The molecule has 0 radical (unpaired) electrons. The lowest BCUT2D eigenvalue weighted by Crippen LogP contribution is -2.36. The second-order valence-corrected chi connectivity index (χ2v) is 10.3. The van der Waals surface area contributed by atoms with Gasteiger partial charge in [0.05, 0.1) is 27.4 Å². The van der Waals surface area contributed by atoms with Gasteiger partial charge in [-0.05, 0) is 49.6 Å². The number of hydrogen-bond acceptors (Lipinski definition) is 4. The molecule has 0 spiro atoms. The summed E-state index contributed by atoms with van der Waals surface area (Å²) in [6.45, 7) is 4.20. The highest BCUT2D eigenvalue weighted by molar-refractivity contribution is 7.94. The molecule has 6 nitrogen and oxygen atoms in total. The predicted octanol–water partition coefficient (Wildman–Crippen LogP) is 3.24. The molecule has 2 heterocycles. The largest absolute Gasteiger partial charge is 0.334 e. The molecule has 8 heteroatoms. The van der Waals surface area contributed by atoms with Gasteiger partial charge in [0.25, 0.3) is 5.91 Å². The second-order valence-electron chi connectivity index (χ2n) is 8.12. The van der Waals surface area contributed by atoms with Crippen molar-refractivity contribution in [2.75, 3.05) is 16.6 Å². The molecule has 0 bridgehead atoms. The Balaban J connectivity index is 1.68. The molecule has 0 aromatic heterocycles. The summed E-state index contributed by atoms with van der Waals surface area (Å²) in [7, 11) is -3.80. The summed E-state index contributed by atoms with van der Waals surface area (Å²) in [4.78, 5) is 27.5. The minimum atomic E-state index is -3.80. The van der Waals surface area contributed by atoms with Gasteiger partial charge in [-0.15, -0.1) is 0 Å². The van der Waals surface area contributed by atoms with Crippen LogP contribution in [0.25, 0.3) is 0 Å². The zero-order valence-electron chi connectivity index (χ0n) is 16.2. The molecule has 2 aliphatic rings. The van der Waals surface area contributed by atoms with Crippen molar-refractivity contribution in [3.05, 3.63) is 64.2 Å². The van der Waals surface area contributed by atoms with Crippen LogP contribution >= 0.6 is 11.6 Å². The van der Waals surface area contributed by atoms with Crippen LogP contribution in [0.3, 0.4) is 0 Å². The SMILES string of the molecule is CC1(C)CS(=O)(=O)N(c2ccc(Cl)c(C(=O)N3CCc4ccccc4C3)c2)C1=O. The molecule has 2 aromatic carbocycles. The average molecular weight is 433 g/mol. The summed E-state index contributed by atoms with van der Waals surface area (Å²) in [6.07, 6.45) is 0.742. The maximum atomic E-state index is 13.2. The fourth-order valence-corrected chi connectivity index (χ4v) is 6.20. The molecule has 2 amide bonds. The number of fused-ring (bicyclic) bond motifs is 1. The van der Waals surface area contributed by atoms with Crippen molar-refractivity contribution in [3.8, 4) is 0 Å².